The number of nitrogens with one attached hydrogen (secondary N) is 1. The van der Waals surface area contributed by atoms with Gasteiger partial charge in [0.1, 0.15) is 15.6 Å². The molecule has 3 rings (SSSR count). The van der Waals surface area contributed by atoms with Gasteiger partial charge in [-0.1, -0.05) is 18.2 Å². The van der Waals surface area contributed by atoms with Crippen LogP contribution in [0.15, 0.2) is 41.8 Å². The lowest BCUT2D eigenvalue weighted by Gasteiger charge is -2.07. The highest BCUT2D eigenvalue weighted by atomic mass is 32.1. The Bertz CT molecular complexity index is 862. The molecule has 1 amide bonds. The van der Waals surface area contributed by atoms with Gasteiger partial charge >= 0.3 is 6.61 Å². The zero-order valence-corrected chi connectivity index (χ0v) is 15.5. The highest BCUT2D eigenvalue weighted by molar-refractivity contribution is 7.22. The molecule has 0 aliphatic carbocycles. The first-order chi connectivity index (χ1) is 12.5. The highest BCUT2D eigenvalue weighted by Gasteiger charge is 2.16. The third kappa shape index (κ3) is 4.64. The Morgan fingerprint density at radius 3 is 2.69 bits per heavy atom. The van der Waals surface area contributed by atoms with E-state index in [4.69, 9.17) is 0 Å². The molecule has 0 unspecified atom stereocenters. The SMILES string of the molecule is Cc1nc(-c2cccs2)sc1C(=O)NCCc1ccc(OC(F)F)cc1. The van der Waals surface area contributed by atoms with Crippen molar-refractivity contribution >= 4 is 28.6 Å². The number of halogens is 2. The molecule has 0 aliphatic rings. The Kier molecular flexibility index (Phi) is 5.95. The van der Waals surface area contributed by atoms with E-state index in [0.29, 0.717) is 23.5 Å². The minimum Gasteiger partial charge on any atom is -0.435 e. The van der Waals surface area contributed by atoms with Gasteiger partial charge in [-0.15, -0.1) is 22.7 Å². The standard InChI is InChI=1S/C18H16F2N2O2S2/c1-11-15(26-17(22-11)14-3-2-10-25-14)16(23)21-9-8-12-4-6-13(7-5-12)24-18(19)20/h2-7,10,18H,8-9H2,1H3,(H,21,23). The second-order valence-corrected chi connectivity index (χ2v) is 7.39. The normalized spacial score (nSPS) is 10.9. The Labute approximate surface area is 157 Å². The van der Waals surface area contributed by atoms with E-state index in [1.807, 2.05) is 24.4 Å². The molecule has 8 heteroatoms. The van der Waals surface area contributed by atoms with Crippen molar-refractivity contribution in [3.63, 3.8) is 0 Å². The van der Waals surface area contributed by atoms with Crippen molar-refractivity contribution in [3.05, 3.63) is 57.9 Å². The number of carbonyl (C=O) groups is 1. The number of thiazole rings is 1. The molecule has 136 valence electrons. The molecular weight excluding hydrogens is 378 g/mol. The third-order valence-corrected chi connectivity index (χ3v) is 5.78. The van der Waals surface area contributed by atoms with Gasteiger partial charge in [-0.2, -0.15) is 8.78 Å². The van der Waals surface area contributed by atoms with E-state index in [1.165, 1.54) is 23.5 Å². The fourth-order valence-electron chi connectivity index (χ4n) is 2.35. The van der Waals surface area contributed by atoms with Crippen LogP contribution in [0.5, 0.6) is 5.75 Å². The minimum absolute atomic E-state index is 0.120. The molecule has 0 atom stereocenters. The Hall–Kier alpha value is -2.32. The molecule has 26 heavy (non-hydrogen) atoms. The molecule has 2 heterocycles. The van der Waals surface area contributed by atoms with E-state index in [9.17, 15) is 13.6 Å². The summed E-state index contributed by atoms with van der Waals surface area (Å²) in [6.45, 7) is -0.564. The maximum absolute atomic E-state index is 12.4. The van der Waals surface area contributed by atoms with Crippen LogP contribution in [0.4, 0.5) is 8.78 Å². The monoisotopic (exact) mass is 394 g/mol. The average Bonchev–Trinajstić information content (AvgIpc) is 3.25. The maximum atomic E-state index is 12.4. The number of aromatic nitrogens is 1. The lowest BCUT2D eigenvalue weighted by molar-refractivity contribution is -0.0498. The van der Waals surface area contributed by atoms with E-state index in [2.05, 4.69) is 15.0 Å². The van der Waals surface area contributed by atoms with Crippen molar-refractivity contribution in [2.45, 2.75) is 20.0 Å². The topological polar surface area (TPSA) is 51.2 Å². The van der Waals surface area contributed by atoms with Crippen LogP contribution in [0.25, 0.3) is 9.88 Å². The summed E-state index contributed by atoms with van der Waals surface area (Å²) < 4.78 is 28.6. The van der Waals surface area contributed by atoms with Crippen molar-refractivity contribution < 1.29 is 18.3 Å². The van der Waals surface area contributed by atoms with Crippen molar-refractivity contribution in [2.24, 2.45) is 0 Å². The number of ether oxygens (including phenoxy) is 1. The maximum Gasteiger partial charge on any atom is 0.387 e. The predicted octanol–water partition coefficient (Wildman–Crippen LogP) is 4.75. The molecule has 1 N–H and O–H groups in total. The van der Waals surface area contributed by atoms with E-state index >= 15 is 0 Å². The molecular formula is C18H16F2N2O2S2. The van der Waals surface area contributed by atoms with E-state index < -0.39 is 6.61 Å². The molecule has 0 radical (unpaired) electrons. The van der Waals surface area contributed by atoms with Gasteiger partial charge < -0.3 is 10.1 Å². The molecule has 2 aromatic heterocycles. The van der Waals surface area contributed by atoms with Gasteiger partial charge in [-0.25, -0.2) is 4.98 Å². The van der Waals surface area contributed by atoms with Gasteiger partial charge in [0.05, 0.1) is 10.6 Å². The second-order valence-electron chi connectivity index (χ2n) is 5.44. The van der Waals surface area contributed by atoms with Crippen LogP contribution >= 0.6 is 22.7 Å². The van der Waals surface area contributed by atoms with E-state index in [-0.39, 0.29) is 11.7 Å². The number of hydrogen-bond acceptors (Lipinski definition) is 5. The highest BCUT2D eigenvalue weighted by Crippen LogP contribution is 2.30. The summed E-state index contributed by atoms with van der Waals surface area (Å²) in [5.74, 6) is -0.0327. The van der Waals surface area contributed by atoms with Gasteiger partial charge in [0.15, 0.2) is 0 Å². The Morgan fingerprint density at radius 1 is 1.27 bits per heavy atom. The van der Waals surface area contributed by atoms with Gasteiger partial charge in [-0.3, -0.25) is 4.79 Å². The molecule has 0 saturated carbocycles. The quantitative estimate of drug-likeness (QED) is 0.629. The summed E-state index contributed by atoms with van der Waals surface area (Å²) >= 11 is 2.97. The van der Waals surface area contributed by atoms with Gasteiger partial charge in [0.2, 0.25) is 0 Å². The fraction of sp³-hybridized carbons (Fsp3) is 0.222. The van der Waals surface area contributed by atoms with Crippen molar-refractivity contribution in [1.82, 2.24) is 10.3 Å². The Balaban J connectivity index is 1.54. The molecule has 0 aliphatic heterocycles. The smallest absolute Gasteiger partial charge is 0.387 e. The first kappa shape index (κ1) is 18.5. The minimum atomic E-state index is -2.83. The van der Waals surface area contributed by atoms with Crippen LogP contribution < -0.4 is 10.1 Å². The summed E-state index contributed by atoms with van der Waals surface area (Å²) in [6, 6.07) is 10.3. The Morgan fingerprint density at radius 2 is 2.04 bits per heavy atom. The summed E-state index contributed by atoms with van der Waals surface area (Å²) in [7, 11) is 0. The van der Waals surface area contributed by atoms with Crippen LogP contribution in [0, 0.1) is 6.92 Å². The van der Waals surface area contributed by atoms with Crippen LogP contribution in [0.1, 0.15) is 20.9 Å². The van der Waals surface area contributed by atoms with Crippen molar-refractivity contribution in [1.29, 1.82) is 0 Å². The number of amides is 1. The summed E-state index contributed by atoms with van der Waals surface area (Å²) in [4.78, 5) is 18.5. The molecule has 1 aromatic carbocycles. The number of rotatable bonds is 7. The molecule has 0 bridgehead atoms. The van der Waals surface area contributed by atoms with Crippen molar-refractivity contribution in [2.75, 3.05) is 6.54 Å². The zero-order valence-electron chi connectivity index (χ0n) is 13.9. The number of thiophene rings is 1. The number of carbonyl (C=O) groups excluding carboxylic acids is 1. The molecule has 0 fully saturated rings. The van der Waals surface area contributed by atoms with Crippen LogP contribution in [0.3, 0.4) is 0 Å². The van der Waals surface area contributed by atoms with Crippen LogP contribution in [-0.4, -0.2) is 24.0 Å². The molecule has 0 saturated heterocycles. The number of nitrogens with zero attached hydrogens (tertiary/aromatic N) is 1. The summed E-state index contributed by atoms with van der Waals surface area (Å²) in [5, 5.41) is 5.70. The average molecular weight is 394 g/mol. The van der Waals surface area contributed by atoms with Crippen molar-refractivity contribution in [3.8, 4) is 15.6 Å². The second kappa shape index (κ2) is 8.37. The number of aryl methyl sites for hydroxylation is 1. The lowest BCUT2D eigenvalue weighted by atomic mass is 10.1. The predicted molar refractivity (Wildman–Crippen MR) is 99.3 cm³/mol. The van der Waals surface area contributed by atoms with E-state index in [0.717, 1.165) is 15.4 Å². The number of benzene rings is 1. The zero-order chi connectivity index (χ0) is 18.5. The summed E-state index contributed by atoms with van der Waals surface area (Å²) in [6.07, 6.45) is 0.594. The van der Waals surface area contributed by atoms with E-state index in [1.54, 1.807) is 23.5 Å². The van der Waals surface area contributed by atoms with Crippen LogP contribution in [0.2, 0.25) is 0 Å². The van der Waals surface area contributed by atoms with Gasteiger partial charge in [0, 0.05) is 6.54 Å². The van der Waals surface area contributed by atoms with Gasteiger partial charge in [-0.05, 0) is 42.5 Å². The van der Waals surface area contributed by atoms with Gasteiger partial charge in [0.25, 0.3) is 5.91 Å². The number of hydrogen-bond donors (Lipinski definition) is 1. The fourth-order valence-corrected chi connectivity index (χ4v) is 4.13. The third-order valence-electron chi connectivity index (χ3n) is 3.58. The molecule has 0 spiro atoms. The first-order valence-corrected chi connectivity index (χ1v) is 9.56. The largest absolute Gasteiger partial charge is 0.435 e. The molecule has 3 aromatic rings. The lowest BCUT2D eigenvalue weighted by Crippen LogP contribution is -2.25. The summed E-state index contributed by atoms with van der Waals surface area (Å²) in [5.41, 5.74) is 1.64. The van der Waals surface area contributed by atoms with Crippen LogP contribution in [-0.2, 0) is 6.42 Å². The number of alkyl halides is 2. The first-order valence-electron chi connectivity index (χ1n) is 7.86. The molecule has 4 nitrogen and oxygen atoms in total.